The molecule has 0 aliphatic carbocycles. The lowest BCUT2D eigenvalue weighted by Crippen LogP contribution is -2.37. The van der Waals surface area contributed by atoms with Crippen LogP contribution in [0, 0.1) is 0 Å². The van der Waals surface area contributed by atoms with Crippen molar-refractivity contribution in [2.75, 3.05) is 0 Å². The van der Waals surface area contributed by atoms with Crippen LogP contribution in [0.15, 0.2) is 95.0 Å². The van der Waals surface area contributed by atoms with Crippen molar-refractivity contribution in [3.63, 3.8) is 0 Å². The van der Waals surface area contributed by atoms with E-state index in [4.69, 9.17) is 4.84 Å². The van der Waals surface area contributed by atoms with E-state index in [0.29, 0.717) is 17.2 Å². The summed E-state index contributed by atoms with van der Waals surface area (Å²) in [5.41, 5.74) is -1.12. The third-order valence-electron chi connectivity index (χ3n) is 5.17. The minimum atomic E-state index is -4.73. The van der Waals surface area contributed by atoms with Gasteiger partial charge in [-0.3, -0.25) is 4.79 Å². The molecule has 10 heteroatoms. The summed E-state index contributed by atoms with van der Waals surface area (Å²) in [5.74, 6) is -1.08. The molecule has 1 heterocycles. The van der Waals surface area contributed by atoms with E-state index in [1.165, 1.54) is 0 Å². The second-order valence-electron chi connectivity index (χ2n) is 7.33. The summed E-state index contributed by atoms with van der Waals surface area (Å²) in [6.07, 6.45) is -4.81. The Morgan fingerprint density at radius 1 is 0.909 bits per heavy atom. The molecule has 0 fully saturated rings. The zero-order chi connectivity index (χ0) is 23.7. The molecule has 0 radical (unpaired) electrons. The molecule has 3 aromatic rings. The average Bonchev–Trinajstić information content (AvgIpc) is 3.27. The van der Waals surface area contributed by atoms with Gasteiger partial charge in [0.05, 0.1) is 16.9 Å². The Morgan fingerprint density at radius 2 is 1.48 bits per heavy atom. The summed E-state index contributed by atoms with van der Waals surface area (Å²) in [6, 6.07) is 21.1. The molecule has 0 saturated heterocycles. The maximum Gasteiger partial charge on any atom is 0.416 e. The minimum absolute atomic E-state index is 0.0784. The van der Waals surface area contributed by atoms with Crippen LogP contribution < -0.4 is 4.72 Å². The molecule has 6 nitrogen and oxygen atoms in total. The Kier molecular flexibility index (Phi) is 5.71. The molecule has 33 heavy (non-hydrogen) atoms. The number of rotatable bonds is 5. The summed E-state index contributed by atoms with van der Waals surface area (Å²) in [4.78, 5) is 17.8. The number of halogens is 3. The normalized spacial score (nSPS) is 15.4. The molecular formula is C23H17F3N2O4S. The van der Waals surface area contributed by atoms with Crippen LogP contribution in [-0.2, 0) is 31.4 Å². The van der Waals surface area contributed by atoms with Crippen LogP contribution in [-0.4, -0.2) is 20.0 Å². The number of benzene rings is 3. The summed E-state index contributed by atoms with van der Waals surface area (Å²) in [7, 11) is -4.58. The smallest absolute Gasteiger partial charge is 0.379 e. The summed E-state index contributed by atoms with van der Waals surface area (Å²) in [6.45, 7) is 0. The highest BCUT2D eigenvalue weighted by Crippen LogP contribution is 2.41. The van der Waals surface area contributed by atoms with E-state index in [1.807, 2.05) is 12.1 Å². The number of carbonyl (C=O) groups excluding carboxylic acids is 1. The van der Waals surface area contributed by atoms with E-state index in [-0.39, 0.29) is 12.1 Å². The number of nitrogens with zero attached hydrogens (tertiary/aromatic N) is 1. The number of nitrogens with one attached hydrogen (secondary N) is 1. The van der Waals surface area contributed by atoms with Crippen LogP contribution >= 0.6 is 0 Å². The fraction of sp³-hybridized carbons (Fsp3) is 0.130. The number of sulfonamides is 1. The quantitative estimate of drug-likeness (QED) is 0.600. The van der Waals surface area contributed by atoms with Gasteiger partial charge in [-0.05, 0) is 18.2 Å². The fourth-order valence-electron chi connectivity index (χ4n) is 3.53. The SMILES string of the molecule is O=C(NS(=O)(=O)c1cccc(C(F)(F)F)c1)C1=NOC(c2ccccc2)(c2ccccc2)C1. The molecular weight excluding hydrogens is 457 g/mol. The topological polar surface area (TPSA) is 84.8 Å². The highest BCUT2D eigenvalue weighted by molar-refractivity contribution is 7.90. The van der Waals surface area contributed by atoms with E-state index in [2.05, 4.69) is 5.16 Å². The Morgan fingerprint density at radius 3 is 2.03 bits per heavy atom. The highest BCUT2D eigenvalue weighted by atomic mass is 32.2. The van der Waals surface area contributed by atoms with Gasteiger partial charge in [0, 0.05) is 11.1 Å². The molecule has 170 valence electrons. The van der Waals surface area contributed by atoms with Crippen molar-refractivity contribution in [1.29, 1.82) is 0 Å². The zero-order valence-corrected chi connectivity index (χ0v) is 17.7. The highest BCUT2D eigenvalue weighted by Gasteiger charge is 2.45. The molecule has 0 spiro atoms. The van der Waals surface area contributed by atoms with Crippen molar-refractivity contribution >= 4 is 21.6 Å². The summed E-state index contributed by atoms with van der Waals surface area (Å²) < 4.78 is 65.8. The van der Waals surface area contributed by atoms with Crippen molar-refractivity contribution < 1.29 is 31.2 Å². The Bertz CT molecular complexity index is 1270. The number of amides is 1. The molecule has 1 aliphatic rings. The monoisotopic (exact) mass is 474 g/mol. The maximum absolute atomic E-state index is 13.0. The summed E-state index contributed by atoms with van der Waals surface area (Å²) >= 11 is 0. The maximum atomic E-state index is 13.0. The van der Waals surface area contributed by atoms with Gasteiger partial charge in [0.25, 0.3) is 15.9 Å². The number of hydrogen-bond acceptors (Lipinski definition) is 5. The third-order valence-corrected chi connectivity index (χ3v) is 6.50. The predicted molar refractivity (Wildman–Crippen MR) is 114 cm³/mol. The van der Waals surface area contributed by atoms with E-state index < -0.39 is 38.2 Å². The molecule has 1 aliphatic heterocycles. The van der Waals surface area contributed by atoms with Crippen LogP contribution in [0.1, 0.15) is 23.1 Å². The number of hydrogen-bond donors (Lipinski definition) is 1. The zero-order valence-electron chi connectivity index (χ0n) is 16.9. The van der Waals surface area contributed by atoms with E-state index in [9.17, 15) is 26.4 Å². The molecule has 3 aromatic carbocycles. The predicted octanol–water partition coefficient (Wildman–Crippen LogP) is 4.23. The molecule has 0 aromatic heterocycles. The second kappa shape index (κ2) is 8.36. The van der Waals surface area contributed by atoms with Gasteiger partial charge < -0.3 is 4.84 Å². The van der Waals surface area contributed by atoms with Crippen LogP contribution in [0.5, 0.6) is 0 Å². The molecule has 1 amide bonds. The largest absolute Gasteiger partial charge is 0.416 e. The van der Waals surface area contributed by atoms with Crippen molar-refractivity contribution in [1.82, 2.24) is 4.72 Å². The first-order chi connectivity index (χ1) is 15.6. The number of alkyl halides is 3. The van der Waals surface area contributed by atoms with Crippen molar-refractivity contribution in [2.45, 2.75) is 23.1 Å². The van der Waals surface area contributed by atoms with Gasteiger partial charge in [-0.15, -0.1) is 0 Å². The lowest BCUT2D eigenvalue weighted by Gasteiger charge is -2.27. The van der Waals surface area contributed by atoms with Crippen molar-refractivity contribution in [2.24, 2.45) is 5.16 Å². The molecule has 4 rings (SSSR count). The standard InChI is InChI=1S/C23H17F3N2O4S/c24-23(25,26)18-12-7-13-19(14-18)33(30,31)28-21(29)20-15-22(32-27-20,16-8-3-1-4-9-16)17-10-5-2-6-11-17/h1-14H,15H2,(H,28,29). The van der Waals surface area contributed by atoms with Gasteiger partial charge in [-0.1, -0.05) is 71.9 Å². The van der Waals surface area contributed by atoms with Gasteiger partial charge >= 0.3 is 6.18 Å². The minimum Gasteiger partial charge on any atom is -0.379 e. The summed E-state index contributed by atoms with van der Waals surface area (Å²) in [5, 5.41) is 3.84. The number of oxime groups is 1. The van der Waals surface area contributed by atoms with Crippen LogP contribution in [0.25, 0.3) is 0 Å². The molecule has 1 N–H and O–H groups in total. The van der Waals surface area contributed by atoms with Crippen LogP contribution in [0.3, 0.4) is 0 Å². The molecule has 0 atom stereocenters. The van der Waals surface area contributed by atoms with Gasteiger partial charge in [0.2, 0.25) is 0 Å². The van der Waals surface area contributed by atoms with Crippen molar-refractivity contribution in [3.05, 3.63) is 102 Å². The first kappa shape index (κ1) is 22.5. The first-order valence-electron chi connectivity index (χ1n) is 9.72. The van der Waals surface area contributed by atoms with Crippen LogP contribution in [0.2, 0.25) is 0 Å². The Hall–Kier alpha value is -3.66. The fourth-order valence-corrected chi connectivity index (χ4v) is 4.55. The lowest BCUT2D eigenvalue weighted by molar-refractivity contribution is -0.137. The van der Waals surface area contributed by atoms with Gasteiger partial charge in [0.15, 0.2) is 11.3 Å². The third kappa shape index (κ3) is 4.47. The second-order valence-corrected chi connectivity index (χ2v) is 9.01. The van der Waals surface area contributed by atoms with Crippen LogP contribution in [0.4, 0.5) is 13.2 Å². The lowest BCUT2D eigenvalue weighted by atomic mass is 9.82. The number of carbonyl (C=O) groups is 1. The molecule has 0 saturated carbocycles. The van der Waals surface area contributed by atoms with E-state index in [1.54, 1.807) is 53.3 Å². The molecule has 0 unspecified atom stereocenters. The first-order valence-corrected chi connectivity index (χ1v) is 11.2. The van der Waals surface area contributed by atoms with Gasteiger partial charge in [-0.25, -0.2) is 13.1 Å². The molecule has 0 bridgehead atoms. The Balaban J connectivity index is 1.60. The van der Waals surface area contributed by atoms with Gasteiger partial charge in [0.1, 0.15) is 0 Å². The van der Waals surface area contributed by atoms with Crippen molar-refractivity contribution in [3.8, 4) is 0 Å². The Labute approximate surface area is 187 Å². The van der Waals surface area contributed by atoms with E-state index >= 15 is 0 Å². The van der Waals surface area contributed by atoms with E-state index in [0.717, 1.165) is 18.2 Å². The van der Waals surface area contributed by atoms with Gasteiger partial charge in [-0.2, -0.15) is 13.2 Å². The average molecular weight is 474 g/mol.